The fourth-order valence-corrected chi connectivity index (χ4v) is 3.99. The van der Waals surface area contributed by atoms with Crippen molar-refractivity contribution in [3.63, 3.8) is 0 Å². The van der Waals surface area contributed by atoms with Crippen LogP contribution in [0.3, 0.4) is 0 Å². The van der Waals surface area contributed by atoms with Crippen LogP contribution in [0.5, 0.6) is 0 Å². The van der Waals surface area contributed by atoms with Crippen LogP contribution in [-0.2, 0) is 23.9 Å². The SMILES string of the molecule is CCOC(=O)C(C(=O)OCC)C1CCCC(=O)C1C(=O)c1ccccc1Br. The van der Waals surface area contributed by atoms with E-state index in [-0.39, 0.29) is 25.4 Å². The van der Waals surface area contributed by atoms with Gasteiger partial charge in [0, 0.05) is 16.5 Å². The quantitative estimate of drug-likeness (QED) is 0.368. The van der Waals surface area contributed by atoms with Gasteiger partial charge in [0.1, 0.15) is 5.78 Å². The van der Waals surface area contributed by atoms with Crippen LogP contribution in [0.4, 0.5) is 0 Å². The van der Waals surface area contributed by atoms with Crippen LogP contribution in [0.25, 0.3) is 0 Å². The molecule has 7 heteroatoms. The van der Waals surface area contributed by atoms with Crippen LogP contribution < -0.4 is 0 Å². The number of rotatable bonds is 7. The summed E-state index contributed by atoms with van der Waals surface area (Å²) in [6.07, 6.45) is 1.16. The summed E-state index contributed by atoms with van der Waals surface area (Å²) in [5.41, 5.74) is 0.356. The molecule has 27 heavy (non-hydrogen) atoms. The van der Waals surface area contributed by atoms with Gasteiger partial charge >= 0.3 is 11.9 Å². The van der Waals surface area contributed by atoms with Gasteiger partial charge in [-0.05, 0) is 38.7 Å². The number of hydrogen-bond donors (Lipinski definition) is 0. The molecule has 1 aliphatic carbocycles. The summed E-state index contributed by atoms with van der Waals surface area (Å²) in [7, 11) is 0. The number of carbonyl (C=O) groups excluding carboxylic acids is 4. The van der Waals surface area contributed by atoms with Crippen molar-refractivity contribution in [1.82, 2.24) is 0 Å². The number of carbonyl (C=O) groups is 4. The summed E-state index contributed by atoms with van der Waals surface area (Å²) in [4.78, 5) is 50.8. The molecular weight excluding hydrogens is 416 g/mol. The second kappa shape index (κ2) is 9.78. The summed E-state index contributed by atoms with van der Waals surface area (Å²) in [5, 5.41) is 0. The van der Waals surface area contributed by atoms with Crippen LogP contribution in [0, 0.1) is 17.8 Å². The number of halogens is 1. The molecule has 1 aromatic carbocycles. The molecule has 0 aromatic heterocycles. The van der Waals surface area contributed by atoms with Gasteiger partial charge in [0.05, 0.1) is 19.1 Å². The highest BCUT2D eigenvalue weighted by Gasteiger charge is 2.48. The number of Topliss-reactive ketones (excluding diaryl/α,β-unsaturated/α-hetero) is 2. The Kier molecular flexibility index (Phi) is 7.71. The maximum Gasteiger partial charge on any atom is 0.320 e. The lowest BCUT2D eigenvalue weighted by molar-refractivity contribution is -0.166. The standard InChI is InChI=1S/C20H23BrO6/c1-3-26-19(24)17(20(25)27-4-2)13-9-7-11-15(22)16(13)18(23)12-8-5-6-10-14(12)21/h5-6,8,10,13,16-17H,3-4,7,9,11H2,1-2H3. The van der Waals surface area contributed by atoms with Crippen molar-refractivity contribution in [1.29, 1.82) is 0 Å². The van der Waals surface area contributed by atoms with Gasteiger partial charge in [-0.25, -0.2) is 0 Å². The molecule has 0 saturated heterocycles. The Morgan fingerprint density at radius 3 is 2.26 bits per heavy atom. The highest BCUT2D eigenvalue weighted by Crippen LogP contribution is 2.37. The van der Waals surface area contributed by atoms with Crippen LogP contribution in [0.1, 0.15) is 43.5 Å². The van der Waals surface area contributed by atoms with Gasteiger partial charge in [0.15, 0.2) is 11.7 Å². The van der Waals surface area contributed by atoms with E-state index in [1.807, 2.05) is 0 Å². The number of esters is 2. The van der Waals surface area contributed by atoms with Crippen molar-refractivity contribution in [2.45, 2.75) is 33.1 Å². The Bertz CT molecular complexity index is 711. The fourth-order valence-electron chi connectivity index (χ4n) is 3.51. The largest absolute Gasteiger partial charge is 0.465 e. The summed E-state index contributed by atoms with van der Waals surface area (Å²) in [5.74, 6) is -5.28. The van der Waals surface area contributed by atoms with Gasteiger partial charge in [-0.15, -0.1) is 0 Å². The first-order valence-corrected chi connectivity index (χ1v) is 9.86. The molecule has 146 valence electrons. The number of ether oxygens (including phenoxy) is 2. The topological polar surface area (TPSA) is 86.7 Å². The third-order valence-electron chi connectivity index (χ3n) is 4.67. The lowest BCUT2D eigenvalue weighted by Gasteiger charge is -2.33. The summed E-state index contributed by atoms with van der Waals surface area (Å²) in [6.45, 7) is 3.46. The maximum absolute atomic E-state index is 13.2. The zero-order valence-electron chi connectivity index (χ0n) is 15.4. The zero-order chi connectivity index (χ0) is 20.0. The van der Waals surface area contributed by atoms with E-state index in [2.05, 4.69) is 15.9 Å². The van der Waals surface area contributed by atoms with Crippen LogP contribution >= 0.6 is 15.9 Å². The average molecular weight is 439 g/mol. The molecule has 0 radical (unpaired) electrons. The summed E-state index contributed by atoms with van der Waals surface area (Å²) >= 11 is 3.33. The van der Waals surface area contributed by atoms with Gasteiger partial charge < -0.3 is 9.47 Å². The Labute approximate surface area is 166 Å². The Balaban J connectivity index is 2.44. The van der Waals surface area contributed by atoms with Gasteiger partial charge in [0.2, 0.25) is 0 Å². The third-order valence-corrected chi connectivity index (χ3v) is 5.36. The highest BCUT2D eigenvalue weighted by molar-refractivity contribution is 9.10. The van der Waals surface area contributed by atoms with Crippen LogP contribution in [0.15, 0.2) is 28.7 Å². The molecule has 0 aliphatic heterocycles. The molecule has 2 rings (SSSR count). The van der Waals surface area contributed by atoms with Crippen molar-refractivity contribution in [3.8, 4) is 0 Å². The van der Waals surface area contributed by atoms with E-state index >= 15 is 0 Å². The third kappa shape index (κ3) is 4.83. The highest BCUT2D eigenvalue weighted by atomic mass is 79.9. The van der Waals surface area contributed by atoms with Crippen molar-refractivity contribution < 1.29 is 28.7 Å². The predicted octanol–water partition coefficient (Wildman–Crippen LogP) is 3.36. The molecule has 0 N–H and O–H groups in total. The number of hydrogen-bond acceptors (Lipinski definition) is 6. The van der Waals surface area contributed by atoms with E-state index in [1.54, 1.807) is 38.1 Å². The molecule has 1 saturated carbocycles. The van der Waals surface area contributed by atoms with Gasteiger partial charge in [0.25, 0.3) is 0 Å². The molecule has 1 fully saturated rings. The first-order chi connectivity index (χ1) is 12.9. The summed E-state index contributed by atoms with van der Waals surface area (Å²) in [6, 6.07) is 6.80. The molecule has 6 nitrogen and oxygen atoms in total. The second-order valence-electron chi connectivity index (χ2n) is 6.33. The Morgan fingerprint density at radius 1 is 1.11 bits per heavy atom. The maximum atomic E-state index is 13.2. The lowest BCUT2D eigenvalue weighted by atomic mass is 9.69. The molecular formula is C20H23BrO6. The molecule has 0 heterocycles. The molecule has 0 spiro atoms. The molecule has 0 bridgehead atoms. The molecule has 2 atom stereocenters. The first kappa shape index (κ1) is 21.3. The van der Waals surface area contributed by atoms with E-state index in [0.717, 1.165) is 0 Å². The monoisotopic (exact) mass is 438 g/mol. The Morgan fingerprint density at radius 2 is 1.70 bits per heavy atom. The normalized spacial score (nSPS) is 19.6. The van der Waals surface area contributed by atoms with Crippen molar-refractivity contribution >= 4 is 39.4 Å². The van der Waals surface area contributed by atoms with Crippen molar-refractivity contribution in [2.24, 2.45) is 17.8 Å². The molecule has 1 aliphatic rings. The number of ketones is 2. The fraction of sp³-hybridized carbons (Fsp3) is 0.500. The minimum atomic E-state index is -1.29. The molecule has 0 amide bonds. The summed E-state index contributed by atoms with van der Waals surface area (Å²) < 4.78 is 10.7. The van der Waals surface area contributed by atoms with Gasteiger partial charge in [-0.2, -0.15) is 0 Å². The minimum Gasteiger partial charge on any atom is -0.465 e. The smallest absolute Gasteiger partial charge is 0.320 e. The van der Waals surface area contributed by atoms with Crippen LogP contribution in [-0.4, -0.2) is 36.7 Å². The van der Waals surface area contributed by atoms with E-state index in [4.69, 9.17) is 9.47 Å². The van der Waals surface area contributed by atoms with Gasteiger partial charge in [-0.3, -0.25) is 19.2 Å². The van der Waals surface area contributed by atoms with E-state index in [9.17, 15) is 19.2 Å². The van der Waals surface area contributed by atoms with E-state index in [1.165, 1.54) is 0 Å². The predicted molar refractivity (Wildman–Crippen MR) is 101 cm³/mol. The zero-order valence-corrected chi connectivity index (χ0v) is 17.0. The molecule has 1 aromatic rings. The van der Waals surface area contributed by atoms with Crippen LogP contribution in [0.2, 0.25) is 0 Å². The number of benzene rings is 1. The van der Waals surface area contributed by atoms with Crippen molar-refractivity contribution in [3.05, 3.63) is 34.3 Å². The van der Waals surface area contributed by atoms with Gasteiger partial charge in [-0.1, -0.05) is 34.1 Å². The minimum absolute atomic E-state index is 0.0955. The second-order valence-corrected chi connectivity index (χ2v) is 7.18. The first-order valence-electron chi connectivity index (χ1n) is 9.07. The molecule has 2 unspecified atom stereocenters. The Hall–Kier alpha value is -2.02. The van der Waals surface area contributed by atoms with E-state index < -0.39 is 35.5 Å². The average Bonchev–Trinajstić information content (AvgIpc) is 2.62. The van der Waals surface area contributed by atoms with Crippen molar-refractivity contribution in [2.75, 3.05) is 13.2 Å². The lowest BCUT2D eigenvalue weighted by Crippen LogP contribution is -2.45. The van der Waals surface area contributed by atoms with E-state index in [0.29, 0.717) is 22.9 Å².